The number of rotatable bonds is 3. The average molecular weight is 338 g/mol. The topological polar surface area (TPSA) is 28.2 Å². The van der Waals surface area contributed by atoms with Gasteiger partial charge in [0.15, 0.2) is 0 Å². The molecule has 0 aliphatic carbocycles. The van der Waals surface area contributed by atoms with E-state index in [2.05, 4.69) is 46.4 Å². The van der Waals surface area contributed by atoms with Gasteiger partial charge >= 0.3 is 0 Å². The van der Waals surface area contributed by atoms with Crippen LogP contribution >= 0.6 is 24.0 Å². The highest BCUT2D eigenvalue weighted by atomic mass is 35.5. The van der Waals surface area contributed by atoms with Gasteiger partial charge in [0.25, 0.3) is 0 Å². The summed E-state index contributed by atoms with van der Waals surface area (Å²) < 4.78 is 0. The van der Waals surface area contributed by atoms with Crippen LogP contribution in [-0.4, -0.2) is 29.5 Å². The molecule has 0 amide bonds. The Labute approximate surface area is 143 Å². The molecule has 0 saturated carbocycles. The van der Waals surface area contributed by atoms with Crippen LogP contribution in [0, 0.1) is 6.92 Å². The van der Waals surface area contributed by atoms with Crippen LogP contribution in [0.25, 0.3) is 0 Å². The van der Waals surface area contributed by atoms with Gasteiger partial charge < -0.3 is 5.32 Å². The molecule has 0 radical (unpaired) electrons. The molecule has 1 aromatic carbocycles. The van der Waals surface area contributed by atoms with Crippen LogP contribution in [0.15, 0.2) is 42.7 Å². The van der Waals surface area contributed by atoms with E-state index in [9.17, 15) is 0 Å². The Hall–Kier alpha value is -1.13. The number of aromatic nitrogens is 1. The fraction of sp³-hybridized carbons (Fsp3) is 0.353. The van der Waals surface area contributed by atoms with Gasteiger partial charge in [0, 0.05) is 49.6 Å². The molecule has 1 saturated heterocycles. The van der Waals surface area contributed by atoms with Crippen LogP contribution in [0.3, 0.4) is 0 Å². The summed E-state index contributed by atoms with van der Waals surface area (Å²) in [5.74, 6) is 0. The number of aryl methyl sites for hydroxylation is 1. The summed E-state index contributed by atoms with van der Waals surface area (Å²) >= 11 is 6.12. The number of nitrogens with one attached hydrogen (secondary N) is 1. The first-order chi connectivity index (χ1) is 10.2. The molecule has 1 atom stereocenters. The molecule has 0 bridgehead atoms. The molecule has 1 N–H and O–H groups in total. The maximum absolute atomic E-state index is 6.12. The van der Waals surface area contributed by atoms with Gasteiger partial charge in [0.2, 0.25) is 0 Å². The molecule has 2 heterocycles. The molecular formula is C17H21Cl2N3. The Bertz CT molecular complexity index is 604. The summed E-state index contributed by atoms with van der Waals surface area (Å²) in [6.07, 6.45) is 3.74. The van der Waals surface area contributed by atoms with Crippen LogP contribution in [-0.2, 0) is 6.54 Å². The molecule has 1 aromatic heterocycles. The third kappa shape index (κ3) is 3.99. The quantitative estimate of drug-likeness (QED) is 0.927. The van der Waals surface area contributed by atoms with E-state index in [0.29, 0.717) is 6.04 Å². The van der Waals surface area contributed by atoms with Gasteiger partial charge in [0.05, 0.1) is 0 Å². The van der Waals surface area contributed by atoms with E-state index in [1.54, 1.807) is 0 Å². The van der Waals surface area contributed by atoms with Crippen molar-refractivity contribution < 1.29 is 0 Å². The Morgan fingerprint density at radius 2 is 2.05 bits per heavy atom. The van der Waals surface area contributed by atoms with E-state index in [4.69, 9.17) is 11.6 Å². The Morgan fingerprint density at radius 1 is 1.27 bits per heavy atom. The van der Waals surface area contributed by atoms with Crippen LogP contribution in [0.2, 0.25) is 5.02 Å². The monoisotopic (exact) mass is 337 g/mol. The van der Waals surface area contributed by atoms with E-state index in [1.807, 2.05) is 18.5 Å². The third-order valence-electron chi connectivity index (χ3n) is 4.05. The number of nitrogens with zero attached hydrogens (tertiary/aromatic N) is 2. The highest BCUT2D eigenvalue weighted by Gasteiger charge is 2.23. The SMILES string of the molecule is Cc1cc(CN2CCNCC2c2ccncc2)ccc1Cl.Cl. The van der Waals surface area contributed by atoms with Crippen LogP contribution in [0.4, 0.5) is 0 Å². The maximum Gasteiger partial charge on any atom is 0.0477 e. The average Bonchev–Trinajstić information content (AvgIpc) is 2.52. The van der Waals surface area contributed by atoms with Gasteiger partial charge in [-0.2, -0.15) is 0 Å². The van der Waals surface area contributed by atoms with E-state index in [0.717, 1.165) is 36.8 Å². The highest BCUT2D eigenvalue weighted by Crippen LogP contribution is 2.25. The lowest BCUT2D eigenvalue weighted by molar-refractivity contribution is 0.153. The summed E-state index contributed by atoms with van der Waals surface area (Å²) in [4.78, 5) is 6.64. The maximum atomic E-state index is 6.12. The fourth-order valence-corrected chi connectivity index (χ4v) is 3.01. The molecule has 3 nitrogen and oxygen atoms in total. The van der Waals surface area contributed by atoms with Gasteiger partial charge in [-0.3, -0.25) is 9.88 Å². The summed E-state index contributed by atoms with van der Waals surface area (Å²) in [6, 6.07) is 10.9. The largest absolute Gasteiger partial charge is 0.314 e. The van der Waals surface area contributed by atoms with Crippen molar-refractivity contribution in [2.45, 2.75) is 19.5 Å². The van der Waals surface area contributed by atoms with Gasteiger partial charge in [-0.1, -0.05) is 23.7 Å². The van der Waals surface area contributed by atoms with Gasteiger partial charge in [-0.25, -0.2) is 0 Å². The van der Waals surface area contributed by atoms with E-state index in [1.165, 1.54) is 11.1 Å². The number of hydrogen-bond donors (Lipinski definition) is 1. The summed E-state index contributed by atoms with van der Waals surface area (Å²) in [5.41, 5.74) is 3.78. The van der Waals surface area contributed by atoms with Crippen molar-refractivity contribution in [2.75, 3.05) is 19.6 Å². The zero-order valence-electron chi connectivity index (χ0n) is 12.6. The van der Waals surface area contributed by atoms with Gasteiger partial charge in [-0.05, 0) is 41.8 Å². The first kappa shape index (κ1) is 17.2. The fourth-order valence-electron chi connectivity index (χ4n) is 2.89. The number of halogens is 2. The Kier molecular flexibility index (Phi) is 6.21. The number of piperazine rings is 1. The van der Waals surface area contributed by atoms with Crippen molar-refractivity contribution in [2.24, 2.45) is 0 Å². The zero-order valence-corrected chi connectivity index (χ0v) is 14.2. The van der Waals surface area contributed by atoms with Crippen molar-refractivity contribution in [3.63, 3.8) is 0 Å². The molecule has 1 aliphatic heterocycles. The first-order valence-electron chi connectivity index (χ1n) is 7.34. The number of pyridine rings is 1. The predicted octanol–water partition coefficient (Wildman–Crippen LogP) is 3.61. The molecule has 118 valence electrons. The Balaban J connectivity index is 0.00000176. The van der Waals surface area contributed by atoms with Crippen LogP contribution in [0.1, 0.15) is 22.7 Å². The molecule has 1 unspecified atom stereocenters. The van der Waals surface area contributed by atoms with Crippen molar-refractivity contribution >= 4 is 24.0 Å². The van der Waals surface area contributed by atoms with Crippen molar-refractivity contribution in [1.29, 1.82) is 0 Å². The molecule has 1 aliphatic rings. The normalized spacial score (nSPS) is 18.7. The summed E-state index contributed by atoms with van der Waals surface area (Å²) in [6.45, 7) is 6.08. The molecular weight excluding hydrogens is 317 g/mol. The second-order valence-electron chi connectivity index (χ2n) is 5.55. The molecule has 0 spiro atoms. The number of benzene rings is 1. The second-order valence-corrected chi connectivity index (χ2v) is 5.96. The lowest BCUT2D eigenvalue weighted by Gasteiger charge is -2.36. The molecule has 2 aromatic rings. The van der Waals surface area contributed by atoms with Crippen LogP contribution in [0.5, 0.6) is 0 Å². The second kappa shape index (κ2) is 7.93. The standard InChI is InChI=1S/C17H20ClN3.ClH/c1-13-10-14(2-3-16(13)18)12-21-9-8-20-11-17(21)15-4-6-19-7-5-15;/h2-7,10,17,20H,8-9,11-12H2,1H3;1H. The van der Waals surface area contributed by atoms with Gasteiger partial charge in [0.1, 0.15) is 0 Å². The van der Waals surface area contributed by atoms with E-state index >= 15 is 0 Å². The first-order valence-corrected chi connectivity index (χ1v) is 7.71. The smallest absolute Gasteiger partial charge is 0.0477 e. The zero-order chi connectivity index (χ0) is 14.7. The molecule has 22 heavy (non-hydrogen) atoms. The summed E-state index contributed by atoms with van der Waals surface area (Å²) in [5, 5.41) is 4.32. The van der Waals surface area contributed by atoms with Crippen molar-refractivity contribution in [3.05, 3.63) is 64.4 Å². The van der Waals surface area contributed by atoms with E-state index in [-0.39, 0.29) is 12.4 Å². The molecule has 1 fully saturated rings. The van der Waals surface area contributed by atoms with Crippen molar-refractivity contribution in [1.82, 2.24) is 15.2 Å². The highest BCUT2D eigenvalue weighted by molar-refractivity contribution is 6.31. The molecule has 3 rings (SSSR count). The van der Waals surface area contributed by atoms with Crippen LogP contribution < -0.4 is 5.32 Å². The minimum atomic E-state index is 0. The van der Waals surface area contributed by atoms with Crippen molar-refractivity contribution in [3.8, 4) is 0 Å². The predicted molar refractivity (Wildman–Crippen MR) is 93.7 cm³/mol. The lowest BCUT2D eigenvalue weighted by Crippen LogP contribution is -2.45. The minimum Gasteiger partial charge on any atom is -0.314 e. The third-order valence-corrected chi connectivity index (χ3v) is 4.48. The molecule has 5 heteroatoms. The lowest BCUT2D eigenvalue weighted by atomic mass is 10.0. The van der Waals surface area contributed by atoms with Gasteiger partial charge in [-0.15, -0.1) is 12.4 Å². The van der Waals surface area contributed by atoms with E-state index < -0.39 is 0 Å². The minimum absolute atomic E-state index is 0. The Morgan fingerprint density at radius 3 is 2.77 bits per heavy atom. The summed E-state index contributed by atoms with van der Waals surface area (Å²) in [7, 11) is 0. The number of hydrogen-bond acceptors (Lipinski definition) is 3.